The molecule has 0 aliphatic heterocycles. The molecule has 0 unspecified atom stereocenters. The maximum atomic E-state index is 10.7. The molecule has 1 aromatic heterocycles. The third-order valence-corrected chi connectivity index (χ3v) is 1.85. The normalized spacial score (nSPS) is 12.5. The molecule has 1 heterocycles. The summed E-state index contributed by atoms with van der Waals surface area (Å²) in [5, 5.41) is 2.82. The van der Waals surface area contributed by atoms with Crippen molar-refractivity contribution in [2.24, 2.45) is 0 Å². The van der Waals surface area contributed by atoms with Gasteiger partial charge in [0, 0.05) is 19.4 Å². The van der Waals surface area contributed by atoms with Crippen LogP contribution < -0.4 is 5.32 Å². The lowest BCUT2D eigenvalue weighted by atomic mass is 10.1. The fraction of sp³-hybridized carbons (Fsp3) is 0.500. The highest BCUT2D eigenvalue weighted by molar-refractivity contribution is 5.73. The number of nitrogens with one attached hydrogen (secondary N) is 1. The zero-order valence-electron chi connectivity index (χ0n) is 8.04. The van der Waals surface area contributed by atoms with Gasteiger partial charge in [-0.05, 0) is 25.5 Å². The Kier molecular flexibility index (Phi) is 3.55. The van der Waals surface area contributed by atoms with Gasteiger partial charge in [0.15, 0.2) is 0 Å². The second-order valence-corrected chi connectivity index (χ2v) is 3.22. The minimum absolute atomic E-state index is 0.0203. The van der Waals surface area contributed by atoms with Gasteiger partial charge in [0.05, 0.1) is 6.26 Å². The highest BCUT2D eigenvalue weighted by Gasteiger charge is 2.04. The number of hydrogen-bond donors (Lipinski definition) is 1. The van der Waals surface area contributed by atoms with Crippen molar-refractivity contribution in [1.29, 1.82) is 0 Å². The molecule has 1 atom stereocenters. The monoisotopic (exact) mass is 181 g/mol. The van der Waals surface area contributed by atoms with Crippen LogP contribution in [-0.4, -0.2) is 11.9 Å². The van der Waals surface area contributed by atoms with Crippen LogP contribution in [-0.2, 0) is 11.2 Å². The molecule has 3 nitrogen and oxygen atoms in total. The number of amides is 1. The fourth-order valence-electron chi connectivity index (χ4n) is 1.23. The van der Waals surface area contributed by atoms with E-state index in [1.165, 1.54) is 6.92 Å². The molecule has 3 heteroatoms. The Bertz CT molecular complexity index is 254. The average Bonchev–Trinajstić information content (AvgIpc) is 2.51. The van der Waals surface area contributed by atoms with Crippen LogP contribution in [0.3, 0.4) is 0 Å². The van der Waals surface area contributed by atoms with Gasteiger partial charge in [-0.15, -0.1) is 0 Å². The van der Waals surface area contributed by atoms with Crippen molar-refractivity contribution in [2.75, 3.05) is 0 Å². The lowest BCUT2D eigenvalue weighted by Gasteiger charge is -2.10. The van der Waals surface area contributed by atoms with Gasteiger partial charge in [-0.2, -0.15) is 0 Å². The summed E-state index contributed by atoms with van der Waals surface area (Å²) in [6.07, 6.45) is 3.44. The summed E-state index contributed by atoms with van der Waals surface area (Å²) in [4.78, 5) is 10.7. The Hall–Kier alpha value is -1.25. The van der Waals surface area contributed by atoms with E-state index >= 15 is 0 Å². The van der Waals surface area contributed by atoms with E-state index in [9.17, 15) is 4.79 Å². The van der Waals surface area contributed by atoms with E-state index in [0.717, 1.165) is 18.6 Å². The third kappa shape index (κ3) is 3.78. The second kappa shape index (κ2) is 4.70. The summed E-state index contributed by atoms with van der Waals surface area (Å²) in [5.74, 6) is 0.990. The number of furan rings is 1. The molecule has 0 saturated carbocycles. The molecule has 0 spiro atoms. The number of carbonyl (C=O) groups excluding carboxylic acids is 1. The summed E-state index contributed by atoms with van der Waals surface area (Å²) >= 11 is 0. The highest BCUT2D eigenvalue weighted by Crippen LogP contribution is 2.05. The molecule has 1 rings (SSSR count). The first-order valence-electron chi connectivity index (χ1n) is 4.48. The lowest BCUT2D eigenvalue weighted by Crippen LogP contribution is -2.30. The van der Waals surface area contributed by atoms with E-state index in [0.29, 0.717) is 0 Å². The summed E-state index contributed by atoms with van der Waals surface area (Å²) in [5.41, 5.74) is 0. The van der Waals surface area contributed by atoms with Crippen LogP contribution in [0.5, 0.6) is 0 Å². The van der Waals surface area contributed by atoms with Gasteiger partial charge in [0.25, 0.3) is 0 Å². The van der Waals surface area contributed by atoms with E-state index in [4.69, 9.17) is 4.42 Å². The molecule has 0 aromatic carbocycles. The Morgan fingerprint density at radius 2 is 2.46 bits per heavy atom. The van der Waals surface area contributed by atoms with E-state index in [1.807, 2.05) is 19.1 Å². The van der Waals surface area contributed by atoms with E-state index < -0.39 is 0 Å². The molecule has 1 aromatic rings. The Morgan fingerprint density at radius 3 is 3.00 bits per heavy atom. The molecule has 0 aliphatic rings. The molecule has 13 heavy (non-hydrogen) atoms. The SMILES string of the molecule is CC(=O)N[C@@H](C)CCc1ccco1. The van der Waals surface area contributed by atoms with Gasteiger partial charge in [-0.25, -0.2) is 0 Å². The third-order valence-electron chi connectivity index (χ3n) is 1.85. The Morgan fingerprint density at radius 1 is 1.69 bits per heavy atom. The van der Waals surface area contributed by atoms with Crippen molar-refractivity contribution in [3.8, 4) is 0 Å². The fourth-order valence-corrected chi connectivity index (χ4v) is 1.23. The van der Waals surface area contributed by atoms with Crippen LogP contribution in [0, 0.1) is 0 Å². The minimum atomic E-state index is 0.0203. The number of carbonyl (C=O) groups is 1. The van der Waals surface area contributed by atoms with Crippen molar-refractivity contribution >= 4 is 5.91 Å². The van der Waals surface area contributed by atoms with Crippen LogP contribution in [0.25, 0.3) is 0 Å². The Balaban J connectivity index is 2.22. The summed E-state index contributed by atoms with van der Waals surface area (Å²) in [7, 11) is 0. The first kappa shape index (κ1) is 9.84. The van der Waals surface area contributed by atoms with Gasteiger partial charge in [-0.3, -0.25) is 4.79 Å². The van der Waals surface area contributed by atoms with E-state index in [-0.39, 0.29) is 11.9 Å². The van der Waals surface area contributed by atoms with E-state index in [2.05, 4.69) is 5.32 Å². The minimum Gasteiger partial charge on any atom is -0.469 e. The van der Waals surface area contributed by atoms with Crippen LogP contribution >= 0.6 is 0 Å². The zero-order valence-corrected chi connectivity index (χ0v) is 8.04. The van der Waals surface area contributed by atoms with Crippen molar-refractivity contribution in [1.82, 2.24) is 5.32 Å². The quantitative estimate of drug-likeness (QED) is 0.768. The van der Waals surface area contributed by atoms with Gasteiger partial charge >= 0.3 is 0 Å². The van der Waals surface area contributed by atoms with Crippen LogP contribution in [0.1, 0.15) is 26.0 Å². The van der Waals surface area contributed by atoms with Gasteiger partial charge in [-0.1, -0.05) is 0 Å². The smallest absolute Gasteiger partial charge is 0.217 e. The molecule has 72 valence electrons. The largest absolute Gasteiger partial charge is 0.469 e. The predicted molar refractivity (Wildman–Crippen MR) is 50.3 cm³/mol. The average molecular weight is 181 g/mol. The van der Waals surface area contributed by atoms with Crippen molar-refractivity contribution in [3.05, 3.63) is 24.2 Å². The van der Waals surface area contributed by atoms with Gasteiger partial charge < -0.3 is 9.73 Å². The predicted octanol–water partition coefficient (Wildman–Crippen LogP) is 1.74. The maximum Gasteiger partial charge on any atom is 0.217 e. The summed E-state index contributed by atoms with van der Waals surface area (Å²) < 4.78 is 5.18. The highest BCUT2D eigenvalue weighted by atomic mass is 16.3. The topological polar surface area (TPSA) is 42.2 Å². The summed E-state index contributed by atoms with van der Waals surface area (Å²) in [6.45, 7) is 3.52. The second-order valence-electron chi connectivity index (χ2n) is 3.22. The van der Waals surface area contributed by atoms with Crippen molar-refractivity contribution in [2.45, 2.75) is 32.7 Å². The van der Waals surface area contributed by atoms with Gasteiger partial charge in [0.2, 0.25) is 5.91 Å². The molecular weight excluding hydrogens is 166 g/mol. The number of aryl methyl sites for hydroxylation is 1. The number of hydrogen-bond acceptors (Lipinski definition) is 2. The van der Waals surface area contributed by atoms with Gasteiger partial charge in [0.1, 0.15) is 5.76 Å². The molecule has 0 bridgehead atoms. The molecule has 0 saturated heterocycles. The Labute approximate surface area is 78.1 Å². The van der Waals surface area contributed by atoms with Crippen LogP contribution in [0.15, 0.2) is 22.8 Å². The van der Waals surface area contributed by atoms with E-state index in [1.54, 1.807) is 6.26 Å². The first-order valence-corrected chi connectivity index (χ1v) is 4.48. The molecule has 1 amide bonds. The van der Waals surface area contributed by atoms with Crippen molar-refractivity contribution in [3.63, 3.8) is 0 Å². The molecular formula is C10H15NO2. The molecule has 0 radical (unpaired) electrons. The first-order chi connectivity index (χ1) is 6.18. The standard InChI is InChI=1S/C10H15NO2/c1-8(11-9(2)12)5-6-10-4-3-7-13-10/h3-4,7-8H,5-6H2,1-2H3,(H,11,12)/t8-/m0/s1. The lowest BCUT2D eigenvalue weighted by molar-refractivity contribution is -0.119. The summed E-state index contributed by atoms with van der Waals surface area (Å²) in [6, 6.07) is 4.03. The maximum absolute atomic E-state index is 10.7. The molecule has 1 N–H and O–H groups in total. The van der Waals surface area contributed by atoms with Crippen LogP contribution in [0.2, 0.25) is 0 Å². The van der Waals surface area contributed by atoms with Crippen LogP contribution in [0.4, 0.5) is 0 Å². The number of rotatable bonds is 4. The molecule has 0 aliphatic carbocycles. The molecule has 0 fully saturated rings. The van der Waals surface area contributed by atoms with Crippen molar-refractivity contribution < 1.29 is 9.21 Å². The zero-order chi connectivity index (χ0) is 9.68.